The highest BCUT2D eigenvalue weighted by molar-refractivity contribution is 7.91. The number of rotatable bonds is 7. The Kier molecular flexibility index (Phi) is 8.26. The summed E-state index contributed by atoms with van der Waals surface area (Å²) in [5.41, 5.74) is 7.05. The fourth-order valence-electron chi connectivity index (χ4n) is 6.88. The van der Waals surface area contributed by atoms with Gasteiger partial charge < -0.3 is 10.6 Å². The predicted molar refractivity (Wildman–Crippen MR) is 159 cm³/mol. The minimum Gasteiger partial charge on any atom is -0.369 e. The van der Waals surface area contributed by atoms with Crippen molar-refractivity contribution in [1.29, 1.82) is 5.26 Å². The molecule has 1 saturated carbocycles. The van der Waals surface area contributed by atoms with Crippen molar-refractivity contribution in [3.05, 3.63) is 59.8 Å². The Balaban J connectivity index is 1.69. The summed E-state index contributed by atoms with van der Waals surface area (Å²) in [5.74, 6) is -6.82. The van der Waals surface area contributed by atoms with Crippen molar-refractivity contribution < 1.29 is 26.4 Å². The van der Waals surface area contributed by atoms with Crippen LogP contribution in [-0.2, 0) is 14.6 Å². The molecular weight excluding hydrogens is 593 g/mol. The van der Waals surface area contributed by atoms with E-state index in [4.69, 9.17) is 10.8 Å². The van der Waals surface area contributed by atoms with E-state index in [1.807, 2.05) is 29.2 Å². The maximum Gasteiger partial charge on any atom is 0.249 e. The fraction of sp³-hybridized carbons (Fsp3) is 0.484. The number of sulfone groups is 1. The molecule has 0 radical (unpaired) electrons. The van der Waals surface area contributed by atoms with Gasteiger partial charge >= 0.3 is 0 Å². The van der Waals surface area contributed by atoms with E-state index in [-0.39, 0.29) is 23.7 Å². The first-order chi connectivity index (χ1) is 20.7. The first kappa shape index (κ1) is 31.5. The summed E-state index contributed by atoms with van der Waals surface area (Å²) in [4.78, 5) is 19.5. The summed E-state index contributed by atoms with van der Waals surface area (Å²) < 4.78 is 69.4. The van der Waals surface area contributed by atoms with Gasteiger partial charge in [0.1, 0.15) is 5.82 Å². The van der Waals surface area contributed by atoms with Crippen LogP contribution < -0.4 is 10.6 Å². The van der Waals surface area contributed by atoms with Crippen LogP contribution in [0.5, 0.6) is 0 Å². The summed E-state index contributed by atoms with van der Waals surface area (Å²) in [6, 6.07) is 12.2. The lowest BCUT2D eigenvalue weighted by atomic mass is 9.55. The highest BCUT2D eigenvalue weighted by Crippen LogP contribution is 2.59. The second-order valence-electron chi connectivity index (χ2n) is 12.2. The summed E-state index contributed by atoms with van der Waals surface area (Å²) in [6.45, 7) is 5.92. The van der Waals surface area contributed by atoms with Crippen molar-refractivity contribution in [3.63, 3.8) is 0 Å². The monoisotopic (exact) mass is 628 g/mol. The number of amides is 1. The zero-order valence-corrected chi connectivity index (χ0v) is 25.6. The molecule has 0 bridgehead atoms. The number of nitriles is 1. The maximum absolute atomic E-state index is 15.2. The molecule has 5 rings (SSSR count). The number of aromatic nitrogens is 3. The quantitative estimate of drug-likeness (QED) is 0.398. The van der Waals surface area contributed by atoms with Gasteiger partial charge in [-0.1, -0.05) is 26.0 Å². The maximum atomic E-state index is 15.2. The van der Waals surface area contributed by atoms with Gasteiger partial charge in [-0.25, -0.2) is 31.3 Å². The van der Waals surface area contributed by atoms with Crippen LogP contribution in [0.3, 0.4) is 0 Å². The Hall–Kier alpha value is -3.92. The van der Waals surface area contributed by atoms with Gasteiger partial charge in [-0.2, -0.15) is 10.4 Å². The molecule has 0 spiro atoms. The topological polar surface area (TPSA) is 135 Å². The molecule has 234 valence electrons. The van der Waals surface area contributed by atoms with Gasteiger partial charge in [-0.3, -0.25) is 4.79 Å². The van der Waals surface area contributed by atoms with Crippen LogP contribution in [0.4, 0.5) is 18.9 Å². The van der Waals surface area contributed by atoms with E-state index in [1.165, 1.54) is 16.8 Å². The molecule has 13 heteroatoms. The van der Waals surface area contributed by atoms with Crippen molar-refractivity contribution >= 4 is 21.4 Å². The number of hydrogen-bond donors (Lipinski definition) is 1. The van der Waals surface area contributed by atoms with E-state index in [0.717, 1.165) is 11.9 Å². The van der Waals surface area contributed by atoms with Gasteiger partial charge in [0.15, 0.2) is 15.7 Å². The normalized spacial score (nSPS) is 23.7. The third kappa shape index (κ3) is 5.67. The van der Waals surface area contributed by atoms with Crippen molar-refractivity contribution in [1.82, 2.24) is 14.8 Å². The summed E-state index contributed by atoms with van der Waals surface area (Å²) in [6.07, 6.45) is -0.489. The third-order valence-electron chi connectivity index (χ3n) is 9.06. The first-order valence-electron chi connectivity index (χ1n) is 14.5. The number of carbonyl (C=O) groups excluding carboxylic acids is 1. The number of nitrogens with zero attached hydrogens (tertiary/aromatic N) is 5. The third-order valence-corrected chi connectivity index (χ3v) is 10.7. The van der Waals surface area contributed by atoms with Crippen molar-refractivity contribution in [2.24, 2.45) is 23.0 Å². The fourth-order valence-corrected chi connectivity index (χ4v) is 8.08. The van der Waals surface area contributed by atoms with Gasteiger partial charge in [0, 0.05) is 43.1 Å². The van der Waals surface area contributed by atoms with Crippen LogP contribution in [0.25, 0.3) is 16.9 Å². The molecule has 1 saturated heterocycles. The molecule has 1 aromatic carbocycles. The number of halogens is 3. The molecule has 2 fully saturated rings. The number of alkyl halides is 2. The largest absolute Gasteiger partial charge is 0.369 e. The zero-order chi connectivity index (χ0) is 32.0. The van der Waals surface area contributed by atoms with Gasteiger partial charge in [0.25, 0.3) is 0 Å². The molecular formula is C31H35F3N6O3S. The molecule has 3 atom stereocenters. The second kappa shape index (κ2) is 11.5. The van der Waals surface area contributed by atoms with E-state index >= 15 is 8.78 Å². The molecule has 2 aromatic heterocycles. The molecule has 2 aliphatic rings. The van der Waals surface area contributed by atoms with Crippen LogP contribution in [0.1, 0.15) is 50.4 Å². The van der Waals surface area contributed by atoms with Gasteiger partial charge in [-0.15, -0.1) is 0 Å². The summed E-state index contributed by atoms with van der Waals surface area (Å²) in [7, 11) is -3.06. The van der Waals surface area contributed by atoms with Crippen LogP contribution in [0, 0.1) is 41.3 Å². The molecule has 1 aliphatic carbocycles. The highest BCUT2D eigenvalue weighted by atomic mass is 32.2. The van der Waals surface area contributed by atoms with Gasteiger partial charge in [0.2, 0.25) is 11.8 Å². The smallest absolute Gasteiger partial charge is 0.249 e. The number of primary amides is 1. The van der Waals surface area contributed by atoms with Crippen LogP contribution in [-0.4, -0.2) is 59.6 Å². The number of hydrogen-bond acceptors (Lipinski definition) is 7. The van der Waals surface area contributed by atoms with E-state index in [1.54, 1.807) is 20.8 Å². The number of pyridine rings is 1. The Morgan fingerprint density at radius 3 is 2.34 bits per heavy atom. The first-order valence-corrected chi connectivity index (χ1v) is 16.4. The molecule has 9 nitrogen and oxygen atoms in total. The molecule has 3 heterocycles. The van der Waals surface area contributed by atoms with Crippen molar-refractivity contribution in [3.8, 4) is 23.0 Å². The van der Waals surface area contributed by atoms with Crippen molar-refractivity contribution in [2.45, 2.75) is 51.9 Å². The molecule has 1 amide bonds. The standard InChI is InChI=1S/C31H35F3N6O3S/c1-19(2)25(16-35)31(29(36)41)18-30(33,34)11-10-24(31)28-27(20(3)40(38-28)26-9-6-22(32)17-37-26)21-4-7-23(8-5-21)39-12-14-44(42,43)15-13-39/h4-9,17,19,24-25H,10-15,18H2,1-3H3,(H2,36,41)/t24?,25-,31?/m0/s1. The van der Waals surface area contributed by atoms with Gasteiger partial charge in [0.05, 0.1) is 46.5 Å². The van der Waals surface area contributed by atoms with E-state index in [2.05, 4.69) is 11.1 Å². The SMILES string of the molecule is Cc1c(-c2ccc(N3CCS(=O)(=O)CC3)cc2)c(C2CCC(F)(F)CC2(C(N)=O)[C@@H](C#N)C(C)C)nn1-c1ccc(F)cn1. The number of carbonyl (C=O) groups is 1. The number of anilines is 1. The Morgan fingerprint density at radius 2 is 1.80 bits per heavy atom. The Bertz CT molecular complexity index is 1690. The number of nitrogens with two attached hydrogens (primary N) is 1. The lowest BCUT2D eigenvalue weighted by Crippen LogP contribution is -2.54. The molecule has 44 heavy (non-hydrogen) atoms. The lowest BCUT2D eigenvalue weighted by Gasteiger charge is -2.47. The van der Waals surface area contributed by atoms with Crippen LogP contribution >= 0.6 is 0 Å². The average Bonchev–Trinajstić information content (AvgIpc) is 3.29. The number of benzene rings is 1. The van der Waals surface area contributed by atoms with Crippen molar-refractivity contribution in [2.75, 3.05) is 29.5 Å². The molecule has 3 aromatic rings. The predicted octanol–water partition coefficient (Wildman–Crippen LogP) is 4.79. The van der Waals surface area contributed by atoms with E-state index < -0.39 is 63.5 Å². The average molecular weight is 629 g/mol. The van der Waals surface area contributed by atoms with Crippen LogP contribution in [0.15, 0.2) is 42.6 Å². The molecule has 2 unspecified atom stereocenters. The highest BCUT2D eigenvalue weighted by Gasteiger charge is 2.61. The van der Waals surface area contributed by atoms with Crippen LogP contribution in [0.2, 0.25) is 0 Å². The Labute approximate surface area is 254 Å². The minimum atomic E-state index is -3.21. The zero-order valence-electron chi connectivity index (χ0n) is 24.8. The van der Waals surface area contributed by atoms with E-state index in [9.17, 15) is 22.9 Å². The summed E-state index contributed by atoms with van der Waals surface area (Å²) in [5, 5.41) is 15.1. The molecule has 2 N–H and O–H groups in total. The molecule has 1 aliphatic heterocycles. The van der Waals surface area contributed by atoms with Gasteiger partial charge in [-0.05, 0) is 49.1 Å². The summed E-state index contributed by atoms with van der Waals surface area (Å²) >= 11 is 0. The Morgan fingerprint density at radius 1 is 1.14 bits per heavy atom. The minimum absolute atomic E-state index is 0.0624. The second-order valence-corrected chi connectivity index (χ2v) is 14.5. The lowest BCUT2D eigenvalue weighted by molar-refractivity contribution is -0.152. The van der Waals surface area contributed by atoms with E-state index in [0.29, 0.717) is 35.6 Å².